The van der Waals surface area contributed by atoms with Gasteiger partial charge in [-0.05, 0) is 0 Å². The Labute approximate surface area is 130 Å². The van der Waals surface area contributed by atoms with E-state index in [1.165, 1.54) is 0 Å². The third-order valence-electron chi connectivity index (χ3n) is 0. The van der Waals surface area contributed by atoms with Gasteiger partial charge in [-0.1, -0.05) is 0 Å². The summed E-state index contributed by atoms with van der Waals surface area (Å²) in [5.41, 5.74) is 0. The van der Waals surface area contributed by atoms with Crippen molar-refractivity contribution in [2.75, 3.05) is 0 Å². The van der Waals surface area contributed by atoms with Gasteiger partial charge in [0, 0.05) is 0 Å². The fourth-order valence-electron chi connectivity index (χ4n) is 0. The maximum atomic E-state index is 8.42. The standard InChI is InChI=1S/2BO3.H2O.3Pb/c2*2-1(3)4;;;;/h;;1H2;;;/q2*-3;;3*+2. The van der Waals surface area contributed by atoms with E-state index in [1.807, 2.05) is 0 Å². The van der Waals surface area contributed by atoms with Gasteiger partial charge >= 0.3 is 81.9 Å². The summed E-state index contributed by atoms with van der Waals surface area (Å²) < 4.78 is 0. The molecule has 0 spiro atoms. The monoisotopic (exact) mass is 760 g/mol. The molecule has 12 heavy (non-hydrogen) atoms. The van der Waals surface area contributed by atoms with Crippen LogP contribution >= 0.6 is 0 Å². The zero-order chi connectivity index (χ0) is 7.15. The van der Waals surface area contributed by atoms with E-state index in [2.05, 4.69) is 0 Å². The molecule has 2 N–H and O–H groups in total. The van der Waals surface area contributed by atoms with E-state index in [-0.39, 0.29) is 87.4 Å². The van der Waals surface area contributed by atoms with Crippen LogP contribution in [0.5, 0.6) is 0 Å². The van der Waals surface area contributed by atoms with Crippen LogP contribution in [0, 0.1) is 0 Å². The van der Waals surface area contributed by atoms with Crippen LogP contribution in [-0.2, 0) is 0 Å². The zero-order valence-corrected chi connectivity index (χ0v) is 17.3. The quantitative estimate of drug-likeness (QED) is 0.223. The predicted octanol–water partition coefficient (Wildman–Crippen LogP) is -9.86. The molecule has 0 rings (SSSR count). The molecule has 0 heterocycles. The molecule has 0 aromatic heterocycles. The van der Waals surface area contributed by atoms with Gasteiger partial charge in [-0.2, -0.15) is 0 Å². The Balaban J connectivity index is -0.0000000112. The Morgan fingerprint density at radius 1 is 0.500 bits per heavy atom. The first-order valence-corrected chi connectivity index (χ1v) is 1.41. The van der Waals surface area contributed by atoms with Crippen molar-refractivity contribution in [2.45, 2.75) is 0 Å². The summed E-state index contributed by atoms with van der Waals surface area (Å²) >= 11 is 0. The molecule has 6 radical (unpaired) electrons. The Morgan fingerprint density at radius 2 is 0.500 bits per heavy atom. The van der Waals surface area contributed by atoms with Crippen LogP contribution in [-0.4, -0.2) is 102 Å². The van der Waals surface area contributed by atoms with E-state index >= 15 is 0 Å². The van der Waals surface area contributed by atoms with Gasteiger partial charge in [-0.25, -0.2) is 0 Å². The molecule has 12 heteroatoms. The Kier molecular flexibility index (Phi) is 88.8. The molecule has 0 aromatic rings. The van der Waals surface area contributed by atoms with Gasteiger partial charge < -0.3 is 35.6 Å². The third-order valence-corrected chi connectivity index (χ3v) is 0. The molecule has 0 amide bonds. The first kappa shape index (κ1) is 36.5. The minimum atomic E-state index is -2.92. The molecule has 0 saturated heterocycles. The smallest absolute Gasteiger partial charge is 0.907 e. The normalized spacial score (nSPS) is 4.50. The van der Waals surface area contributed by atoms with Crippen LogP contribution in [0.15, 0.2) is 0 Å². The van der Waals surface area contributed by atoms with E-state index < -0.39 is 14.6 Å². The first-order valence-electron chi connectivity index (χ1n) is 1.41. The third kappa shape index (κ3) is 249. The fourth-order valence-corrected chi connectivity index (χ4v) is 0. The van der Waals surface area contributed by atoms with Crippen molar-refractivity contribution < 1.29 is 35.6 Å². The average molecular weight is 757 g/mol. The molecule has 0 saturated carbocycles. The summed E-state index contributed by atoms with van der Waals surface area (Å²) in [6.45, 7) is 0. The Bertz CT molecular complexity index is 32.1. The van der Waals surface area contributed by atoms with Gasteiger partial charge in [0.25, 0.3) is 0 Å². The summed E-state index contributed by atoms with van der Waals surface area (Å²) in [6, 6.07) is 0. The molecule has 0 aliphatic rings. The van der Waals surface area contributed by atoms with Crippen LogP contribution in [0.25, 0.3) is 0 Å². The van der Waals surface area contributed by atoms with Gasteiger partial charge in [0.15, 0.2) is 0 Å². The van der Waals surface area contributed by atoms with Gasteiger partial charge in [0.1, 0.15) is 0 Å². The Hall–Kier alpha value is 2.62. The van der Waals surface area contributed by atoms with Gasteiger partial charge in [0.2, 0.25) is 0 Å². The predicted molar refractivity (Wildman–Crippen MR) is 32.4 cm³/mol. The number of hydrogen-bond acceptors (Lipinski definition) is 6. The summed E-state index contributed by atoms with van der Waals surface area (Å²) in [5.74, 6) is 0. The van der Waals surface area contributed by atoms with Gasteiger partial charge in [-0.15, -0.1) is 0 Å². The van der Waals surface area contributed by atoms with Gasteiger partial charge in [-0.3, -0.25) is 14.6 Å². The van der Waals surface area contributed by atoms with E-state index in [9.17, 15) is 0 Å². The minimum absolute atomic E-state index is 0. The molecule has 0 aromatic carbocycles. The van der Waals surface area contributed by atoms with Crippen molar-refractivity contribution in [3.05, 3.63) is 0 Å². The van der Waals surface area contributed by atoms with E-state index in [1.54, 1.807) is 0 Å². The van der Waals surface area contributed by atoms with Crippen LogP contribution < -0.4 is 30.1 Å². The van der Waals surface area contributed by atoms with Crippen LogP contribution in [0.1, 0.15) is 0 Å². The van der Waals surface area contributed by atoms with E-state index in [0.717, 1.165) is 0 Å². The van der Waals surface area contributed by atoms with Crippen molar-refractivity contribution in [2.24, 2.45) is 0 Å². The largest absolute Gasteiger partial charge is 2.00 e. The molecule has 0 unspecified atom stereocenters. The summed E-state index contributed by atoms with van der Waals surface area (Å²) in [7, 11) is -5.83. The molecule has 0 aliphatic heterocycles. The van der Waals surface area contributed by atoms with Gasteiger partial charge in [0.05, 0.1) is 0 Å². The average Bonchev–Trinajstić information content (AvgIpc) is 1.25. The van der Waals surface area contributed by atoms with Crippen molar-refractivity contribution >= 4 is 96.5 Å². The minimum Gasteiger partial charge on any atom is -0.907 e. The maximum Gasteiger partial charge on any atom is 2.00 e. The summed E-state index contributed by atoms with van der Waals surface area (Å²) in [4.78, 5) is 0. The fraction of sp³-hybridized carbons (Fsp3) is 0. The Morgan fingerprint density at radius 3 is 0.500 bits per heavy atom. The maximum absolute atomic E-state index is 8.42. The number of hydrogen-bond donors (Lipinski definition) is 0. The number of rotatable bonds is 0. The van der Waals surface area contributed by atoms with Crippen molar-refractivity contribution in [1.29, 1.82) is 0 Å². The zero-order valence-electron chi connectivity index (χ0n) is 5.60. The van der Waals surface area contributed by atoms with E-state index in [4.69, 9.17) is 30.1 Å². The summed E-state index contributed by atoms with van der Waals surface area (Å²) in [6.07, 6.45) is 0. The molecule has 7 nitrogen and oxygen atoms in total. The second-order valence-corrected chi connectivity index (χ2v) is 0.577. The van der Waals surface area contributed by atoms with Crippen molar-refractivity contribution in [3.8, 4) is 0 Å². The summed E-state index contributed by atoms with van der Waals surface area (Å²) in [5, 5.41) is 50.5. The topological polar surface area (TPSA) is 170 Å². The molecule has 0 aliphatic carbocycles. The molecular weight excluding hydrogens is 755 g/mol. The SMILES string of the molecule is O.[O-]B([O-])[O-].[O-]B([O-])[O-].[Pb+2].[Pb+2].[Pb+2]. The van der Waals surface area contributed by atoms with Crippen molar-refractivity contribution in [3.63, 3.8) is 0 Å². The van der Waals surface area contributed by atoms with E-state index in [0.29, 0.717) is 0 Å². The van der Waals surface area contributed by atoms with Crippen LogP contribution in [0.2, 0.25) is 0 Å². The molecule has 62 valence electrons. The van der Waals surface area contributed by atoms with Crippen LogP contribution in [0.3, 0.4) is 0 Å². The molecule has 0 fully saturated rings. The molecular formula is H2B2O7Pb3. The first-order chi connectivity index (χ1) is 3.46. The molecule has 0 atom stereocenters. The second kappa shape index (κ2) is 29.2. The van der Waals surface area contributed by atoms with Crippen LogP contribution in [0.4, 0.5) is 0 Å². The van der Waals surface area contributed by atoms with Crippen molar-refractivity contribution in [1.82, 2.24) is 0 Å². The second-order valence-electron chi connectivity index (χ2n) is 0.577. The molecule has 0 bridgehead atoms.